The van der Waals surface area contributed by atoms with Crippen molar-refractivity contribution in [3.8, 4) is 0 Å². The number of hydrazine groups is 1. The van der Waals surface area contributed by atoms with Crippen molar-refractivity contribution in [2.45, 2.75) is 44.1 Å². The second-order valence-electron chi connectivity index (χ2n) is 5.43. The molecule has 118 valence electrons. The van der Waals surface area contributed by atoms with Crippen LogP contribution in [0.25, 0.3) is 0 Å². The molecule has 21 heavy (non-hydrogen) atoms. The standard InChI is InChI=1S/C13H22N4O3S/c1-20-9-5-8-14-11(21)16-17-10(18)13(15-12(17)19)6-3-2-4-7-13/h2-9H2,1H3,(H,15,19)(H2,14,16,21). The van der Waals surface area contributed by atoms with Gasteiger partial charge in [0.15, 0.2) is 5.11 Å². The number of methoxy groups -OCH3 is 1. The van der Waals surface area contributed by atoms with E-state index in [0.717, 1.165) is 30.7 Å². The lowest BCUT2D eigenvalue weighted by Crippen LogP contribution is -2.53. The van der Waals surface area contributed by atoms with E-state index in [4.69, 9.17) is 17.0 Å². The molecule has 1 saturated carbocycles. The van der Waals surface area contributed by atoms with E-state index in [1.54, 1.807) is 7.11 Å². The minimum Gasteiger partial charge on any atom is -0.385 e. The van der Waals surface area contributed by atoms with Crippen molar-refractivity contribution in [3.63, 3.8) is 0 Å². The molecule has 1 aliphatic heterocycles. The maximum Gasteiger partial charge on any atom is 0.344 e. The lowest BCUT2D eigenvalue weighted by atomic mass is 9.82. The summed E-state index contributed by atoms with van der Waals surface area (Å²) in [6.07, 6.45) is 5.22. The van der Waals surface area contributed by atoms with E-state index in [-0.39, 0.29) is 11.0 Å². The second-order valence-corrected chi connectivity index (χ2v) is 5.84. The molecule has 0 aromatic rings. The van der Waals surface area contributed by atoms with Crippen LogP contribution >= 0.6 is 12.2 Å². The highest BCUT2D eigenvalue weighted by atomic mass is 32.1. The number of rotatable bonds is 5. The topological polar surface area (TPSA) is 82.7 Å². The predicted octanol–water partition coefficient (Wildman–Crippen LogP) is 0.657. The molecule has 7 nitrogen and oxygen atoms in total. The average Bonchev–Trinajstić information content (AvgIpc) is 2.69. The van der Waals surface area contributed by atoms with Crippen LogP contribution in [0.3, 0.4) is 0 Å². The van der Waals surface area contributed by atoms with Gasteiger partial charge in [-0.15, -0.1) is 0 Å². The van der Waals surface area contributed by atoms with Gasteiger partial charge < -0.3 is 15.4 Å². The van der Waals surface area contributed by atoms with E-state index in [1.807, 2.05) is 0 Å². The van der Waals surface area contributed by atoms with Crippen LogP contribution in [0.1, 0.15) is 38.5 Å². The Bertz CT molecular complexity index is 424. The Morgan fingerprint density at radius 1 is 1.38 bits per heavy atom. The number of carbonyl (C=O) groups excluding carboxylic acids is 2. The summed E-state index contributed by atoms with van der Waals surface area (Å²) in [6.45, 7) is 1.25. The Morgan fingerprint density at radius 2 is 2.10 bits per heavy atom. The van der Waals surface area contributed by atoms with E-state index in [9.17, 15) is 9.59 Å². The van der Waals surface area contributed by atoms with Crippen LogP contribution < -0.4 is 16.1 Å². The lowest BCUT2D eigenvalue weighted by Gasteiger charge is -2.30. The fraction of sp³-hybridized carbons (Fsp3) is 0.769. The zero-order valence-electron chi connectivity index (χ0n) is 12.2. The first-order chi connectivity index (χ1) is 10.1. The number of ether oxygens (including phenoxy) is 1. The normalized spacial score (nSPS) is 20.5. The predicted molar refractivity (Wildman–Crippen MR) is 81.4 cm³/mol. The van der Waals surface area contributed by atoms with Crippen molar-refractivity contribution in [2.75, 3.05) is 20.3 Å². The first-order valence-corrected chi connectivity index (χ1v) is 7.70. The van der Waals surface area contributed by atoms with Crippen molar-refractivity contribution in [3.05, 3.63) is 0 Å². The average molecular weight is 314 g/mol. The molecule has 0 atom stereocenters. The number of nitrogens with zero attached hydrogens (tertiary/aromatic N) is 1. The summed E-state index contributed by atoms with van der Waals surface area (Å²) < 4.78 is 4.93. The van der Waals surface area contributed by atoms with Crippen molar-refractivity contribution < 1.29 is 14.3 Å². The van der Waals surface area contributed by atoms with Crippen LogP contribution in [0, 0.1) is 0 Å². The summed E-state index contributed by atoms with van der Waals surface area (Å²) in [7, 11) is 1.63. The fourth-order valence-corrected chi connectivity index (χ4v) is 2.97. The van der Waals surface area contributed by atoms with Gasteiger partial charge in [-0.1, -0.05) is 19.3 Å². The summed E-state index contributed by atoms with van der Waals surface area (Å²) in [5, 5.41) is 7.02. The SMILES string of the molecule is COCCCNC(=S)NN1C(=O)NC2(CCCCC2)C1=O. The number of urea groups is 1. The van der Waals surface area contributed by atoms with E-state index < -0.39 is 11.6 Å². The summed E-state index contributed by atoms with van der Waals surface area (Å²) in [6, 6.07) is -0.428. The third kappa shape index (κ3) is 3.62. The number of imide groups is 1. The third-order valence-electron chi connectivity index (χ3n) is 3.89. The Morgan fingerprint density at radius 3 is 2.76 bits per heavy atom. The zero-order valence-corrected chi connectivity index (χ0v) is 13.1. The molecule has 1 spiro atoms. The Kier molecular flexibility index (Phi) is 5.35. The highest BCUT2D eigenvalue weighted by molar-refractivity contribution is 7.80. The van der Waals surface area contributed by atoms with Crippen LogP contribution in [0.4, 0.5) is 4.79 Å². The number of hydrogen-bond donors (Lipinski definition) is 3. The molecule has 0 aromatic carbocycles. The monoisotopic (exact) mass is 314 g/mol. The van der Waals surface area contributed by atoms with Crippen molar-refractivity contribution in [1.82, 2.24) is 21.1 Å². The van der Waals surface area contributed by atoms with Crippen molar-refractivity contribution in [2.24, 2.45) is 0 Å². The van der Waals surface area contributed by atoms with E-state index in [0.29, 0.717) is 26.0 Å². The third-order valence-corrected chi connectivity index (χ3v) is 4.13. The number of carbonyl (C=O) groups is 2. The van der Waals surface area contributed by atoms with Crippen LogP contribution in [-0.2, 0) is 9.53 Å². The molecule has 2 aliphatic rings. The van der Waals surface area contributed by atoms with E-state index in [2.05, 4.69) is 16.1 Å². The van der Waals surface area contributed by atoms with Gasteiger partial charge in [0.25, 0.3) is 5.91 Å². The summed E-state index contributed by atoms with van der Waals surface area (Å²) >= 11 is 5.10. The molecule has 0 unspecified atom stereocenters. The smallest absolute Gasteiger partial charge is 0.344 e. The molecule has 0 aromatic heterocycles. The number of nitrogens with one attached hydrogen (secondary N) is 3. The fourth-order valence-electron chi connectivity index (χ4n) is 2.78. The van der Waals surface area contributed by atoms with Gasteiger partial charge in [0.1, 0.15) is 5.54 Å². The van der Waals surface area contributed by atoms with Crippen LogP contribution in [-0.4, -0.2) is 47.9 Å². The van der Waals surface area contributed by atoms with Crippen molar-refractivity contribution >= 4 is 29.3 Å². The van der Waals surface area contributed by atoms with Gasteiger partial charge in [-0.25, -0.2) is 4.79 Å². The van der Waals surface area contributed by atoms with Crippen molar-refractivity contribution in [1.29, 1.82) is 0 Å². The molecule has 1 heterocycles. The Balaban J connectivity index is 1.87. The van der Waals surface area contributed by atoms with Gasteiger partial charge in [-0.3, -0.25) is 10.2 Å². The molecule has 1 aliphatic carbocycles. The minimum absolute atomic E-state index is 0.228. The number of hydrogen-bond acceptors (Lipinski definition) is 4. The largest absolute Gasteiger partial charge is 0.385 e. The van der Waals surface area contributed by atoms with Gasteiger partial charge in [-0.2, -0.15) is 5.01 Å². The van der Waals surface area contributed by atoms with Crippen LogP contribution in [0.2, 0.25) is 0 Å². The zero-order chi connectivity index (χ0) is 15.3. The molecule has 8 heteroatoms. The maximum absolute atomic E-state index is 12.5. The van der Waals surface area contributed by atoms with Crippen LogP contribution in [0.5, 0.6) is 0 Å². The highest BCUT2D eigenvalue weighted by Gasteiger charge is 2.51. The van der Waals surface area contributed by atoms with E-state index >= 15 is 0 Å². The quantitative estimate of drug-likeness (QED) is 0.393. The molecule has 2 fully saturated rings. The first kappa shape index (κ1) is 16.0. The second kappa shape index (κ2) is 7.04. The van der Waals surface area contributed by atoms with Gasteiger partial charge >= 0.3 is 6.03 Å². The van der Waals surface area contributed by atoms with Crippen LogP contribution in [0.15, 0.2) is 0 Å². The maximum atomic E-state index is 12.5. The van der Waals surface area contributed by atoms with Gasteiger partial charge in [0, 0.05) is 20.3 Å². The highest BCUT2D eigenvalue weighted by Crippen LogP contribution is 2.32. The Hall–Kier alpha value is -1.41. The Labute approximate surface area is 129 Å². The van der Waals surface area contributed by atoms with Gasteiger partial charge in [-0.05, 0) is 31.5 Å². The molecule has 2 rings (SSSR count). The molecule has 0 bridgehead atoms. The molecule has 1 saturated heterocycles. The molecule has 0 radical (unpaired) electrons. The molecular weight excluding hydrogens is 292 g/mol. The first-order valence-electron chi connectivity index (χ1n) is 7.29. The summed E-state index contributed by atoms with van der Waals surface area (Å²) in [5.74, 6) is -0.228. The number of thiocarbonyl (C=S) groups is 1. The lowest BCUT2D eigenvalue weighted by molar-refractivity contribution is -0.133. The minimum atomic E-state index is -0.728. The number of amides is 3. The summed E-state index contributed by atoms with van der Waals surface area (Å²) in [4.78, 5) is 24.5. The summed E-state index contributed by atoms with van der Waals surface area (Å²) in [5.41, 5.74) is 1.95. The molecule has 3 N–H and O–H groups in total. The molecule has 3 amide bonds. The van der Waals surface area contributed by atoms with Gasteiger partial charge in [0.05, 0.1) is 0 Å². The molecular formula is C13H22N4O3S. The van der Waals surface area contributed by atoms with E-state index in [1.165, 1.54) is 0 Å². The van der Waals surface area contributed by atoms with Gasteiger partial charge in [0.2, 0.25) is 0 Å².